The molecule has 0 radical (unpaired) electrons. The van der Waals surface area contributed by atoms with Crippen molar-refractivity contribution in [1.82, 2.24) is 0 Å². The zero-order chi connectivity index (χ0) is 11.3. The van der Waals surface area contributed by atoms with Crippen LogP contribution in [0.1, 0.15) is 11.1 Å². The molecule has 0 saturated carbocycles. The van der Waals surface area contributed by atoms with Gasteiger partial charge < -0.3 is 0 Å². The second-order valence-corrected chi connectivity index (χ2v) is 4.88. The number of hydrogen-bond acceptors (Lipinski definition) is 2. The number of ketones is 1. The fraction of sp³-hybridized carbons (Fsp3) is 0.364. The van der Waals surface area contributed by atoms with Gasteiger partial charge in [0.05, 0.1) is 5.33 Å². The quantitative estimate of drug-likeness (QED) is 0.610. The van der Waals surface area contributed by atoms with E-state index < -0.39 is 0 Å². The predicted molar refractivity (Wildman–Crippen MR) is 70.3 cm³/mol. The first-order chi connectivity index (χ1) is 7.19. The SMILES string of the molecule is CSc1cc(CCl)cc(CC(=O)CBr)c1. The Labute approximate surface area is 108 Å². The van der Waals surface area contributed by atoms with Crippen molar-refractivity contribution in [2.45, 2.75) is 17.2 Å². The summed E-state index contributed by atoms with van der Waals surface area (Å²) in [5.74, 6) is 0.679. The van der Waals surface area contributed by atoms with Crippen molar-refractivity contribution < 1.29 is 4.79 Å². The van der Waals surface area contributed by atoms with Crippen LogP contribution >= 0.6 is 39.3 Å². The minimum Gasteiger partial charge on any atom is -0.298 e. The van der Waals surface area contributed by atoms with Gasteiger partial charge in [-0.3, -0.25) is 4.79 Å². The summed E-state index contributed by atoms with van der Waals surface area (Å²) in [6.45, 7) is 0. The van der Waals surface area contributed by atoms with Crippen LogP contribution in [-0.2, 0) is 17.1 Å². The van der Waals surface area contributed by atoms with Crippen LogP contribution in [-0.4, -0.2) is 17.4 Å². The second-order valence-electron chi connectivity index (χ2n) is 3.17. The van der Waals surface area contributed by atoms with E-state index in [-0.39, 0.29) is 5.78 Å². The number of benzene rings is 1. The Hall–Kier alpha value is 0.01000. The Morgan fingerprint density at radius 1 is 1.40 bits per heavy atom. The molecule has 0 aliphatic heterocycles. The lowest BCUT2D eigenvalue weighted by Crippen LogP contribution is -2.03. The first kappa shape index (κ1) is 13.1. The van der Waals surface area contributed by atoms with Crippen molar-refractivity contribution in [3.63, 3.8) is 0 Å². The Morgan fingerprint density at radius 3 is 2.60 bits per heavy atom. The lowest BCUT2D eigenvalue weighted by molar-refractivity contribution is -0.115. The van der Waals surface area contributed by atoms with Gasteiger partial charge in [0, 0.05) is 17.2 Å². The molecule has 0 atom stereocenters. The van der Waals surface area contributed by atoms with Crippen molar-refractivity contribution in [1.29, 1.82) is 0 Å². The van der Waals surface area contributed by atoms with E-state index in [0.29, 0.717) is 17.6 Å². The van der Waals surface area contributed by atoms with Gasteiger partial charge >= 0.3 is 0 Å². The van der Waals surface area contributed by atoms with E-state index in [1.807, 2.05) is 18.4 Å². The number of thioether (sulfide) groups is 1. The van der Waals surface area contributed by atoms with Gasteiger partial charge in [-0.05, 0) is 29.5 Å². The van der Waals surface area contributed by atoms with E-state index in [4.69, 9.17) is 11.6 Å². The summed E-state index contributed by atoms with van der Waals surface area (Å²) in [5.41, 5.74) is 2.11. The fourth-order valence-corrected chi connectivity index (χ4v) is 2.19. The van der Waals surface area contributed by atoms with Crippen molar-refractivity contribution in [2.24, 2.45) is 0 Å². The smallest absolute Gasteiger partial charge is 0.147 e. The van der Waals surface area contributed by atoms with Crippen LogP contribution in [0.5, 0.6) is 0 Å². The maximum Gasteiger partial charge on any atom is 0.147 e. The number of carbonyl (C=O) groups is 1. The minimum absolute atomic E-state index is 0.189. The number of rotatable bonds is 5. The average Bonchev–Trinajstić information content (AvgIpc) is 2.28. The van der Waals surface area contributed by atoms with E-state index in [1.54, 1.807) is 11.8 Å². The molecule has 1 aromatic rings. The van der Waals surface area contributed by atoms with E-state index in [0.717, 1.165) is 16.0 Å². The largest absolute Gasteiger partial charge is 0.298 e. The van der Waals surface area contributed by atoms with Crippen LogP contribution < -0.4 is 0 Å². The Kier molecular flexibility index (Phi) is 5.72. The van der Waals surface area contributed by atoms with Gasteiger partial charge in [0.15, 0.2) is 0 Å². The summed E-state index contributed by atoms with van der Waals surface area (Å²) in [7, 11) is 0. The number of hydrogen-bond donors (Lipinski definition) is 0. The van der Waals surface area contributed by atoms with Gasteiger partial charge in [-0.1, -0.05) is 22.0 Å². The van der Waals surface area contributed by atoms with Crippen LogP contribution in [0.3, 0.4) is 0 Å². The van der Waals surface area contributed by atoms with Gasteiger partial charge in [-0.25, -0.2) is 0 Å². The molecule has 82 valence electrons. The summed E-state index contributed by atoms with van der Waals surface area (Å²) in [6.07, 6.45) is 2.49. The lowest BCUT2D eigenvalue weighted by atomic mass is 10.1. The normalized spacial score (nSPS) is 10.3. The molecule has 1 nitrogen and oxygen atoms in total. The third-order valence-corrected chi connectivity index (χ3v) is 3.61. The summed E-state index contributed by atoms with van der Waals surface area (Å²) < 4.78 is 0. The molecule has 0 heterocycles. The zero-order valence-corrected chi connectivity index (χ0v) is 11.6. The third kappa shape index (κ3) is 4.17. The second kappa shape index (κ2) is 6.56. The molecular weight excluding hydrogens is 296 g/mol. The summed E-state index contributed by atoms with van der Waals surface area (Å²) in [5, 5.41) is 0.409. The van der Waals surface area contributed by atoms with Crippen LogP contribution in [0.2, 0.25) is 0 Å². The summed E-state index contributed by atoms with van der Waals surface area (Å²) >= 11 is 10.6. The Balaban J connectivity index is 2.91. The Morgan fingerprint density at radius 2 is 2.07 bits per heavy atom. The van der Waals surface area contributed by atoms with Crippen LogP contribution in [0, 0.1) is 0 Å². The highest BCUT2D eigenvalue weighted by molar-refractivity contribution is 9.09. The van der Waals surface area contributed by atoms with Gasteiger partial charge in [0.25, 0.3) is 0 Å². The number of halogens is 2. The molecule has 1 rings (SSSR count). The highest BCUT2D eigenvalue weighted by atomic mass is 79.9. The van der Waals surface area contributed by atoms with Gasteiger partial charge in [0.2, 0.25) is 0 Å². The molecule has 0 N–H and O–H groups in total. The first-order valence-corrected chi connectivity index (χ1v) is 7.38. The molecule has 1 aromatic carbocycles. The highest BCUT2D eigenvalue weighted by Gasteiger charge is 2.04. The van der Waals surface area contributed by atoms with E-state index in [2.05, 4.69) is 22.0 Å². The highest BCUT2D eigenvalue weighted by Crippen LogP contribution is 2.20. The molecule has 15 heavy (non-hydrogen) atoms. The molecule has 0 unspecified atom stereocenters. The number of alkyl halides is 2. The van der Waals surface area contributed by atoms with Gasteiger partial charge in [-0.2, -0.15) is 0 Å². The maximum absolute atomic E-state index is 11.3. The van der Waals surface area contributed by atoms with E-state index in [9.17, 15) is 4.79 Å². The molecule has 0 amide bonds. The predicted octanol–water partition coefficient (Wildman–Crippen LogP) is 3.65. The van der Waals surface area contributed by atoms with Crippen LogP contribution in [0.4, 0.5) is 0 Å². The van der Waals surface area contributed by atoms with Gasteiger partial charge in [-0.15, -0.1) is 23.4 Å². The maximum atomic E-state index is 11.3. The van der Waals surface area contributed by atoms with Crippen molar-refractivity contribution in [3.05, 3.63) is 29.3 Å². The number of Topliss-reactive ketones (excluding diaryl/α,β-unsaturated/α-hetero) is 1. The molecule has 0 aliphatic rings. The molecule has 0 spiro atoms. The molecule has 0 fully saturated rings. The third-order valence-electron chi connectivity index (χ3n) is 1.97. The molecule has 0 aromatic heterocycles. The van der Waals surface area contributed by atoms with E-state index >= 15 is 0 Å². The first-order valence-electron chi connectivity index (χ1n) is 4.50. The lowest BCUT2D eigenvalue weighted by Gasteiger charge is -2.05. The minimum atomic E-state index is 0.189. The summed E-state index contributed by atoms with van der Waals surface area (Å²) in [6, 6.07) is 6.09. The van der Waals surface area contributed by atoms with E-state index in [1.165, 1.54) is 0 Å². The fourth-order valence-electron chi connectivity index (χ4n) is 1.30. The molecule has 0 bridgehead atoms. The van der Waals surface area contributed by atoms with Crippen LogP contribution in [0.15, 0.2) is 23.1 Å². The summed E-state index contributed by atoms with van der Waals surface area (Å²) in [4.78, 5) is 12.5. The van der Waals surface area contributed by atoms with Crippen molar-refractivity contribution in [3.8, 4) is 0 Å². The molecule has 0 saturated heterocycles. The monoisotopic (exact) mass is 306 g/mol. The molecule has 4 heteroatoms. The van der Waals surface area contributed by atoms with Crippen molar-refractivity contribution in [2.75, 3.05) is 11.6 Å². The van der Waals surface area contributed by atoms with Crippen molar-refractivity contribution >= 4 is 45.1 Å². The van der Waals surface area contributed by atoms with Gasteiger partial charge in [0.1, 0.15) is 5.78 Å². The number of carbonyl (C=O) groups excluding carboxylic acids is 1. The standard InChI is InChI=1S/C11H12BrClOS/c1-15-11-4-8(3-10(14)6-12)2-9(5-11)7-13/h2,4-5H,3,6-7H2,1H3. The average molecular weight is 308 g/mol. The topological polar surface area (TPSA) is 17.1 Å². The van der Waals surface area contributed by atoms with Crippen LogP contribution in [0.25, 0.3) is 0 Å². The Bertz CT molecular complexity index is 332. The molecular formula is C11H12BrClOS. The zero-order valence-electron chi connectivity index (χ0n) is 8.43. The molecule has 0 aliphatic carbocycles.